The van der Waals surface area contributed by atoms with Crippen molar-refractivity contribution >= 4 is 11.6 Å². The molecule has 3 aliphatic carbocycles. The van der Waals surface area contributed by atoms with E-state index in [1.165, 1.54) is 0 Å². The molecular weight excluding hydrogens is 300 g/mol. The van der Waals surface area contributed by atoms with Gasteiger partial charge in [0.1, 0.15) is 17.1 Å². The van der Waals surface area contributed by atoms with E-state index in [9.17, 15) is 9.59 Å². The zero-order valence-corrected chi connectivity index (χ0v) is 15.3. The van der Waals surface area contributed by atoms with E-state index in [1.807, 2.05) is 0 Å². The Kier molecular flexibility index (Phi) is 3.71. The first-order valence-electron chi connectivity index (χ1n) is 9.77. The van der Waals surface area contributed by atoms with Crippen molar-refractivity contribution in [3.63, 3.8) is 0 Å². The summed E-state index contributed by atoms with van der Waals surface area (Å²) in [5.74, 6) is 2.67. The van der Waals surface area contributed by atoms with Crippen molar-refractivity contribution in [3.8, 4) is 0 Å². The van der Waals surface area contributed by atoms with E-state index in [4.69, 9.17) is 4.74 Å². The molecule has 2 fully saturated rings. The maximum atomic E-state index is 12.8. The predicted molar refractivity (Wildman–Crippen MR) is 92.3 cm³/mol. The molecule has 0 unspecified atom stereocenters. The summed E-state index contributed by atoms with van der Waals surface area (Å²) in [5.41, 5.74) is 0.928. The van der Waals surface area contributed by atoms with Gasteiger partial charge < -0.3 is 4.74 Å². The number of carbonyl (C=O) groups excluding carboxylic acids is 2. The lowest BCUT2D eigenvalue weighted by Crippen LogP contribution is -2.53. The topological polar surface area (TPSA) is 43.4 Å². The highest BCUT2D eigenvalue weighted by atomic mass is 16.5. The van der Waals surface area contributed by atoms with E-state index in [-0.39, 0.29) is 16.9 Å². The van der Waals surface area contributed by atoms with Crippen LogP contribution in [0.5, 0.6) is 0 Å². The van der Waals surface area contributed by atoms with E-state index >= 15 is 0 Å². The van der Waals surface area contributed by atoms with E-state index in [0.717, 1.165) is 62.7 Å². The van der Waals surface area contributed by atoms with Crippen molar-refractivity contribution in [1.82, 2.24) is 0 Å². The van der Waals surface area contributed by atoms with E-state index in [0.29, 0.717) is 29.8 Å². The Balaban J connectivity index is 1.68. The molecule has 0 amide bonds. The quantitative estimate of drug-likeness (QED) is 0.652. The van der Waals surface area contributed by atoms with Crippen LogP contribution in [0.3, 0.4) is 0 Å². The van der Waals surface area contributed by atoms with Gasteiger partial charge >= 0.3 is 0 Å². The molecule has 1 aliphatic heterocycles. The minimum Gasteiger partial charge on any atom is -0.491 e. The molecule has 0 bridgehead atoms. The molecule has 0 saturated heterocycles. The van der Waals surface area contributed by atoms with Gasteiger partial charge in [-0.1, -0.05) is 13.8 Å². The van der Waals surface area contributed by atoms with Crippen LogP contribution < -0.4 is 0 Å². The highest BCUT2D eigenvalue weighted by Crippen LogP contribution is 2.57. The van der Waals surface area contributed by atoms with Crippen LogP contribution in [0.2, 0.25) is 0 Å². The molecule has 1 heterocycles. The summed E-state index contributed by atoms with van der Waals surface area (Å²) in [7, 11) is 0. The van der Waals surface area contributed by atoms with E-state index < -0.39 is 0 Å². The van der Waals surface area contributed by atoms with Crippen LogP contribution in [0.25, 0.3) is 0 Å². The fourth-order valence-corrected chi connectivity index (χ4v) is 5.92. The summed E-state index contributed by atoms with van der Waals surface area (Å²) < 4.78 is 6.47. The second kappa shape index (κ2) is 5.44. The Morgan fingerprint density at radius 3 is 2.62 bits per heavy atom. The van der Waals surface area contributed by atoms with Gasteiger partial charge in [-0.25, -0.2) is 0 Å². The first-order valence-corrected chi connectivity index (χ1v) is 9.77. The molecule has 3 heteroatoms. The third kappa shape index (κ3) is 2.46. The maximum Gasteiger partial charge on any atom is 0.162 e. The molecule has 2 saturated carbocycles. The molecule has 4 rings (SSSR count). The molecule has 0 aromatic carbocycles. The van der Waals surface area contributed by atoms with Gasteiger partial charge in [-0.15, -0.1) is 0 Å². The lowest BCUT2D eigenvalue weighted by Gasteiger charge is -2.54. The van der Waals surface area contributed by atoms with Crippen LogP contribution in [0.4, 0.5) is 0 Å². The fourth-order valence-electron chi connectivity index (χ4n) is 5.92. The van der Waals surface area contributed by atoms with Crippen molar-refractivity contribution in [2.45, 2.75) is 84.2 Å². The lowest BCUT2D eigenvalue weighted by molar-refractivity contribution is -0.148. The summed E-state index contributed by atoms with van der Waals surface area (Å²) in [6, 6.07) is 0. The van der Waals surface area contributed by atoms with Crippen molar-refractivity contribution < 1.29 is 14.3 Å². The average molecular weight is 330 g/mol. The molecular formula is C21H30O3. The Hall–Kier alpha value is -1.12. The van der Waals surface area contributed by atoms with Crippen molar-refractivity contribution in [3.05, 3.63) is 11.3 Å². The first kappa shape index (κ1) is 16.4. The van der Waals surface area contributed by atoms with Gasteiger partial charge in [0, 0.05) is 36.7 Å². The van der Waals surface area contributed by atoms with Crippen LogP contribution in [-0.4, -0.2) is 17.2 Å². The molecule has 24 heavy (non-hydrogen) atoms. The minimum absolute atomic E-state index is 0.144. The summed E-state index contributed by atoms with van der Waals surface area (Å²) in [6.07, 6.45) is 8.13. The Bertz CT molecular complexity index is 615. The third-order valence-corrected chi connectivity index (χ3v) is 7.46. The summed E-state index contributed by atoms with van der Waals surface area (Å²) in [4.78, 5) is 25.1. The molecule has 0 aromatic rings. The molecule has 0 spiro atoms. The normalized spacial score (nSPS) is 41.7. The third-order valence-electron chi connectivity index (χ3n) is 7.46. The highest BCUT2D eigenvalue weighted by molar-refractivity contribution is 5.96. The molecule has 0 N–H and O–H groups in total. The molecule has 4 aliphatic rings. The maximum absolute atomic E-state index is 12.8. The summed E-state index contributed by atoms with van der Waals surface area (Å²) >= 11 is 0. The molecule has 3 nitrogen and oxygen atoms in total. The van der Waals surface area contributed by atoms with Crippen LogP contribution in [0.15, 0.2) is 11.3 Å². The number of allylic oxidation sites excluding steroid dienone is 2. The van der Waals surface area contributed by atoms with Gasteiger partial charge in [-0.3, -0.25) is 9.59 Å². The molecule has 4 atom stereocenters. The van der Waals surface area contributed by atoms with Crippen LogP contribution >= 0.6 is 0 Å². The average Bonchev–Trinajstić information content (AvgIpc) is 2.61. The van der Waals surface area contributed by atoms with E-state index in [1.54, 1.807) is 0 Å². The van der Waals surface area contributed by atoms with Gasteiger partial charge in [0.2, 0.25) is 0 Å². The van der Waals surface area contributed by atoms with Crippen LogP contribution in [-0.2, 0) is 14.3 Å². The van der Waals surface area contributed by atoms with E-state index in [2.05, 4.69) is 20.8 Å². The minimum atomic E-state index is -0.256. The number of ether oxygens (including phenoxy) is 1. The van der Waals surface area contributed by atoms with Crippen LogP contribution in [0, 0.1) is 23.2 Å². The number of hydrogen-bond acceptors (Lipinski definition) is 3. The smallest absolute Gasteiger partial charge is 0.162 e. The van der Waals surface area contributed by atoms with Crippen molar-refractivity contribution in [2.75, 3.05) is 0 Å². The zero-order valence-electron chi connectivity index (χ0n) is 15.3. The predicted octanol–water partition coefficient (Wildman–Crippen LogP) is 4.59. The van der Waals surface area contributed by atoms with Crippen molar-refractivity contribution in [2.24, 2.45) is 23.2 Å². The number of rotatable bonds is 0. The molecule has 0 aromatic heterocycles. The number of Topliss-reactive ketones (excluding diaryl/α,β-unsaturated/α-hetero) is 2. The largest absolute Gasteiger partial charge is 0.491 e. The number of hydrogen-bond donors (Lipinski definition) is 0. The lowest BCUT2D eigenvalue weighted by atomic mass is 9.56. The number of carbonyl (C=O) groups is 2. The monoisotopic (exact) mass is 330 g/mol. The van der Waals surface area contributed by atoms with Gasteiger partial charge in [0.25, 0.3) is 0 Å². The Labute approximate surface area is 145 Å². The number of fused-ring (bicyclic) bond motifs is 2. The Morgan fingerprint density at radius 2 is 1.83 bits per heavy atom. The van der Waals surface area contributed by atoms with Crippen molar-refractivity contribution in [1.29, 1.82) is 0 Å². The zero-order chi connectivity index (χ0) is 17.1. The van der Waals surface area contributed by atoms with Gasteiger partial charge in [0.15, 0.2) is 5.78 Å². The second-order valence-electron chi connectivity index (χ2n) is 9.46. The molecule has 132 valence electrons. The molecule has 0 radical (unpaired) electrons. The fraction of sp³-hybridized carbons (Fsp3) is 0.810. The SMILES string of the molecule is CC1(C)CCCC(=O)[C@@H]2C[C@@]3(C)OC4=C(C[C@H]3C[C@H]21)C(=O)CCC4. The summed E-state index contributed by atoms with van der Waals surface area (Å²) in [5, 5.41) is 0. The highest BCUT2D eigenvalue weighted by Gasteiger charge is 2.55. The number of ketones is 2. The Morgan fingerprint density at radius 1 is 1.04 bits per heavy atom. The van der Waals surface area contributed by atoms with Gasteiger partial charge in [-0.05, 0) is 56.8 Å². The summed E-state index contributed by atoms with van der Waals surface area (Å²) in [6.45, 7) is 6.88. The van der Waals surface area contributed by atoms with Crippen LogP contribution in [0.1, 0.15) is 78.6 Å². The van der Waals surface area contributed by atoms with Gasteiger partial charge in [0.05, 0.1) is 0 Å². The standard InChI is InChI=1S/C21H30O3/c1-20(2)9-5-7-18(23)15-12-21(3)13(11-16(15)20)10-14-17(22)6-4-8-19(14)24-21/h13,15-16H,4-12H2,1-3H3/t13-,15+,16+,21+/m0/s1. The first-order chi connectivity index (χ1) is 11.3. The van der Waals surface area contributed by atoms with Gasteiger partial charge in [-0.2, -0.15) is 0 Å². The second-order valence-corrected chi connectivity index (χ2v) is 9.46.